The molecule has 0 radical (unpaired) electrons. The van der Waals surface area contributed by atoms with Crippen molar-refractivity contribution in [1.29, 1.82) is 0 Å². The highest BCUT2D eigenvalue weighted by atomic mass is 35.5. The van der Waals surface area contributed by atoms with E-state index in [9.17, 15) is 0 Å². The lowest BCUT2D eigenvalue weighted by atomic mass is 9.97. The van der Waals surface area contributed by atoms with Gasteiger partial charge in [0.1, 0.15) is 5.69 Å². The quantitative estimate of drug-likeness (QED) is 0.215. The molecule has 0 saturated heterocycles. The number of hydrogen-bond donors (Lipinski definition) is 0. The molecule has 0 amide bonds. The molecule has 5 nitrogen and oxygen atoms in total. The number of hydrogen-bond acceptors (Lipinski definition) is 5. The van der Waals surface area contributed by atoms with E-state index >= 15 is 0 Å². The van der Waals surface area contributed by atoms with Crippen LogP contribution in [0.2, 0.25) is 5.28 Å². The Balaban J connectivity index is 1.24. The molecule has 0 atom stereocenters. The maximum atomic E-state index is 6.40. The summed E-state index contributed by atoms with van der Waals surface area (Å²) in [4.78, 5) is 23.0. The number of aromatic nitrogens is 5. The first-order valence-electron chi connectivity index (χ1n) is 13.2. The monoisotopic (exact) mass is 547 g/mol. The van der Waals surface area contributed by atoms with Gasteiger partial charge in [-0.2, -0.15) is 9.97 Å². The Morgan fingerprint density at radius 3 is 1.90 bits per heavy atom. The van der Waals surface area contributed by atoms with Crippen molar-refractivity contribution in [3.63, 3.8) is 0 Å². The third-order valence-electron chi connectivity index (χ3n) is 6.99. The van der Waals surface area contributed by atoms with Gasteiger partial charge in [0.05, 0.1) is 0 Å². The highest BCUT2D eigenvalue weighted by Gasteiger charge is 2.15. The van der Waals surface area contributed by atoms with Gasteiger partial charge in [0.2, 0.25) is 5.28 Å². The zero-order chi connectivity index (χ0) is 27.6. The van der Waals surface area contributed by atoms with E-state index in [2.05, 4.69) is 87.7 Å². The van der Waals surface area contributed by atoms with Gasteiger partial charge in [-0.25, -0.2) is 15.0 Å². The van der Waals surface area contributed by atoms with Crippen LogP contribution in [-0.4, -0.2) is 24.9 Å². The van der Waals surface area contributed by atoms with Crippen LogP contribution in [0.5, 0.6) is 0 Å². The first-order valence-corrected chi connectivity index (χ1v) is 13.6. The fourth-order valence-electron chi connectivity index (χ4n) is 5.03. The van der Waals surface area contributed by atoms with Crippen LogP contribution in [0.4, 0.5) is 0 Å². The van der Waals surface area contributed by atoms with Gasteiger partial charge in [-0.3, -0.25) is 0 Å². The average Bonchev–Trinajstić information content (AvgIpc) is 3.05. The minimum absolute atomic E-state index is 0.105. The summed E-state index contributed by atoms with van der Waals surface area (Å²) in [5, 5.41) is 2.52. The predicted molar refractivity (Wildman–Crippen MR) is 165 cm³/mol. The minimum Gasteiger partial charge on any atom is -0.237 e. The molecule has 6 heteroatoms. The molecular formula is C35H22ClN5. The molecule has 0 spiro atoms. The van der Waals surface area contributed by atoms with Crippen molar-refractivity contribution in [3.05, 3.63) is 139 Å². The Hall–Kier alpha value is -5.26. The lowest BCUT2D eigenvalue weighted by molar-refractivity contribution is 1.04. The lowest BCUT2D eigenvalue weighted by Crippen LogP contribution is -2.00. The summed E-state index contributed by atoms with van der Waals surface area (Å²) in [5.41, 5.74) is 6.75. The van der Waals surface area contributed by atoms with Gasteiger partial charge >= 0.3 is 0 Å². The van der Waals surface area contributed by atoms with Crippen molar-refractivity contribution >= 4 is 22.4 Å². The smallest absolute Gasteiger partial charge is 0.226 e. The molecule has 0 N–H and O–H groups in total. The van der Waals surface area contributed by atoms with E-state index in [1.807, 2.05) is 48.5 Å². The third-order valence-corrected chi connectivity index (χ3v) is 7.16. The van der Waals surface area contributed by atoms with Crippen LogP contribution in [0, 0.1) is 0 Å². The van der Waals surface area contributed by atoms with E-state index in [0.29, 0.717) is 23.2 Å². The van der Waals surface area contributed by atoms with E-state index in [0.717, 1.165) is 27.8 Å². The standard InChI is InChI=1S/C35H22ClN5/c36-35-40-32(26-19-17-25(18-20-26)28-16-8-12-24-11-4-5-13-27(24)28)39-34(41-35)31-21-22-37-33(38-31)30-15-7-6-14-29(30)23-9-2-1-3-10-23/h1-22H. The van der Waals surface area contributed by atoms with E-state index in [1.165, 1.54) is 16.3 Å². The summed E-state index contributed by atoms with van der Waals surface area (Å²) in [7, 11) is 0. The number of benzene rings is 5. The Labute approximate surface area is 242 Å². The summed E-state index contributed by atoms with van der Waals surface area (Å²) in [5.74, 6) is 1.45. The molecule has 0 aliphatic rings. The highest BCUT2D eigenvalue weighted by Crippen LogP contribution is 2.32. The Morgan fingerprint density at radius 2 is 1.05 bits per heavy atom. The molecule has 2 aromatic heterocycles. The summed E-state index contributed by atoms with van der Waals surface area (Å²) in [6.45, 7) is 0. The SMILES string of the molecule is Clc1nc(-c2ccc(-c3cccc4ccccc34)cc2)nc(-c2ccnc(-c3ccccc3-c3ccccc3)n2)n1. The fourth-order valence-corrected chi connectivity index (χ4v) is 5.19. The largest absolute Gasteiger partial charge is 0.237 e. The molecule has 0 unspecified atom stereocenters. The van der Waals surface area contributed by atoms with Crippen LogP contribution < -0.4 is 0 Å². The van der Waals surface area contributed by atoms with Crippen LogP contribution in [0.15, 0.2) is 134 Å². The topological polar surface area (TPSA) is 64.5 Å². The van der Waals surface area contributed by atoms with Gasteiger partial charge < -0.3 is 0 Å². The van der Waals surface area contributed by atoms with Crippen molar-refractivity contribution < 1.29 is 0 Å². The summed E-state index contributed by atoms with van der Waals surface area (Å²) in [6.07, 6.45) is 1.72. The second kappa shape index (κ2) is 10.7. The van der Waals surface area contributed by atoms with E-state index in [4.69, 9.17) is 21.6 Å². The van der Waals surface area contributed by atoms with E-state index in [1.54, 1.807) is 12.3 Å². The minimum atomic E-state index is 0.105. The van der Waals surface area contributed by atoms with Gasteiger partial charge in [0.15, 0.2) is 17.5 Å². The van der Waals surface area contributed by atoms with Crippen LogP contribution >= 0.6 is 11.6 Å². The molecule has 194 valence electrons. The fraction of sp³-hybridized carbons (Fsp3) is 0. The van der Waals surface area contributed by atoms with E-state index in [-0.39, 0.29) is 5.28 Å². The third kappa shape index (κ3) is 4.95. The van der Waals surface area contributed by atoms with Gasteiger partial charge in [-0.05, 0) is 50.7 Å². The zero-order valence-electron chi connectivity index (χ0n) is 21.8. The van der Waals surface area contributed by atoms with Gasteiger partial charge in [0, 0.05) is 17.3 Å². The molecule has 7 aromatic rings. The molecule has 0 saturated carbocycles. The van der Waals surface area contributed by atoms with Crippen molar-refractivity contribution in [3.8, 4) is 56.5 Å². The molecular weight excluding hydrogens is 526 g/mol. The summed E-state index contributed by atoms with van der Waals surface area (Å²) < 4.78 is 0. The first-order chi connectivity index (χ1) is 20.2. The summed E-state index contributed by atoms with van der Waals surface area (Å²) >= 11 is 6.40. The second-order valence-corrected chi connectivity index (χ2v) is 9.87. The Morgan fingerprint density at radius 1 is 0.415 bits per heavy atom. The molecule has 0 bridgehead atoms. The zero-order valence-corrected chi connectivity index (χ0v) is 22.6. The molecule has 41 heavy (non-hydrogen) atoms. The van der Waals surface area contributed by atoms with Crippen molar-refractivity contribution in [2.24, 2.45) is 0 Å². The molecule has 0 fully saturated rings. The van der Waals surface area contributed by atoms with Gasteiger partial charge in [0.25, 0.3) is 0 Å². The number of halogens is 1. The number of fused-ring (bicyclic) bond motifs is 1. The average molecular weight is 548 g/mol. The lowest BCUT2D eigenvalue weighted by Gasteiger charge is -2.10. The van der Waals surface area contributed by atoms with Crippen molar-refractivity contribution in [2.75, 3.05) is 0 Å². The summed E-state index contributed by atoms with van der Waals surface area (Å²) in [6, 6.07) is 43.0. The molecule has 5 aromatic carbocycles. The molecule has 0 aliphatic heterocycles. The molecule has 0 aliphatic carbocycles. The van der Waals surface area contributed by atoms with Crippen LogP contribution in [0.3, 0.4) is 0 Å². The number of rotatable bonds is 5. The maximum Gasteiger partial charge on any atom is 0.226 e. The predicted octanol–water partition coefficient (Wildman–Crippen LogP) is 8.80. The van der Waals surface area contributed by atoms with Gasteiger partial charge in [-0.15, -0.1) is 0 Å². The van der Waals surface area contributed by atoms with Crippen LogP contribution in [0.25, 0.3) is 67.3 Å². The normalized spacial score (nSPS) is 11.0. The second-order valence-electron chi connectivity index (χ2n) is 9.53. The number of nitrogens with zero attached hydrogens (tertiary/aromatic N) is 5. The van der Waals surface area contributed by atoms with Gasteiger partial charge in [-0.1, -0.05) is 121 Å². The first kappa shape index (κ1) is 24.8. The molecule has 2 heterocycles. The van der Waals surface area contributed by atoms with Crippen LogP contribution in [-0.2, 0) is 0 Å². The van der Waals surface area contributed by atoms with Crippen molar-refractivity contribution in [1.82, 2.24) is 24.9 Å². The molecule has 7 rings (SSSR count). The Bertz CT molecular complexity index is 2000. The maximum absolute atomic E-state index is 6.40. The Kier molecular flexibility index (Phi) is 6.47. The van der Waals surface area contributed by atoms with E-state index < -0.39 is 0 Å². The highest BCUT2D eigenvalue weighted by molar-refractivity contribution is 6.28. The van der Waals surface area contributed by atoms with Crippen LogP contribution in [0.1, 0.15) is 0 Å². The van der Waals surface area contributed by atoms with Crippen molar-refractivity contribution in [2.45, 2.75) is 0 Å².